The highest BCUT2D eigenvalue weighted by atomic mass is 19.4. The van der Waals surface area contributed by atoms with Crippen LogP contribution in [0.1, 0.15) is 32.1 Å². The third-order valence-electron chi connectivity index (χ3n) is 3.82. The van der Waals surface area contributed by atoms with E-state index in [1.807, 2.05) is 7.05 Å². The lowest BCUT2D eigenvalue weighted by molar-refractivity contribution is -0.148. The lowest BCUT2D eigenvalue weighted by Crippen LogP contribution is -2.40. The van der Waals surface area contributed by atoms with Crippen LogP contribution in [0.15, 0.2) is 0 Å². The summed E-state index contributed by atoms with van der Waals surface area (Å²) in [5, 5.41) is 5.86. The number of alkyl halides is 3. The molecule has 1 saturated heterocycles. The molecule has 1 heterocycles. The molecule has 21 heavy (non-hydrogen) atoms. The Morgan fingerprint density at radius 1 is 1.24 bits per heavy atom. The Balaban J connectivity index is 2.06. The number of likely N-dealkylation sites (tertiary alicyclic amines) is 1. The van der Waals surface area contributed by atoms with Crippen molar-refractivity contribution >= 4 is 5.91 Å². The molecule has 0 radical (unpaired) electrons. The van der Waals surface area contributed by atoms with Crippen molar-refractivity contribution in [2.45, 2.75) is 38.3 Å². The molecule has 124 valence electrons. The topological polar surface area (TPSA) is 44.4 Å². The van der Waals surface area contributed by atoms with Gasteiger partial charge in [-0.3, -0.25) is 9.69 Å². The molecule has 4 nitrogen and oxygen atoms in total. The fourth-order valence-electron chi connectivity index (χ4n) is 2.62. The summed E-state index contributed by atoms with van der Waals surface area (Å²) in [6.07, 6.45) is -0.341. The van der Waals surface area contributed by atoms with E-state index >= 15 is 0 Å². The van der Waals surface area contributed by atoms with Gasteiger partial charge in [0.05, 0.1) is 6.54 Å². The molecule has 0 atom stereocenters. The normalized spacial score (nSPS) is 17.9. The average Bonchev–Trinajstić information content (AvgIpc) is 2.39. The molecule has 1 fully saturated rings. The zero-order valence-corrected chi connectivity index (χ0v) is 12.6. The maximum absolute atomic E-state index is 12.3. The maximum Gasteiger partial charge on any atom is 0.401 e. The first kappa shape index (κ1) is 18.2. The van der Waals surface area contributed by atoms with Gasteiger partial charge in [-0.1, -0.05) is 0 Å². The van der Waals surface area contributed by atoms with E-state index in [9.17, 15) is 18.0 Å². The smallest absolute Gasteiger partial charge is 0.356 e. The minimum Gasteiger partial charge on any atom is -0.356 e. The van der Waals surface area contributed by atoms with Crippen molar-refractivity contribution in [2.24, 2.45) is 5.92 Å². The summed E-state index contributed by atoms with van der Waals surface area (Å²) in [5.74, 6) is 0.479. The van der Waals surface area contributed by atoms with E-state index in [1.165, 1.54) is 4.90 Å². The molecule has 0 aromatic carbocycles. The van der Waals surface area contributed by atoms with Crippen LogP contribution in [-0.4, -0.2) is 56.8 Å². The van der Waals surface area contributed by atoms with Crippen LogP contribution in [0.5, 0.6) is 0 Å². The van der Waals surface area contributed by atoms with Crippen molar-refractivity contribution in [3.05, 3.63) is 0 Å². The van der Waals surface area contributed by atoms with Crippen molar-refractivity contribution in [1.82, 2.24) is 15.5 Å². The fraction of sp³-hybridized carbons (Fsp3) is 0.929. The third-order valence-corrected chi connectivity index (χ3v) is 3.82. The number of rotatable bonds is 8. The lowest BCUT2D eigenvalue weighted by Gasteiger charge is -2.32. The first-order valence-electron chi connectivity index (χ1n) is 7.61. The number of nitrogens with zero attached hydrogens (tertiary/aromatic N) is 1. The van der Waals surface area contributed by atoms with Gasteiger partial charge >= 0.3 is 6.18 Å². The molecule has 1 rings (SSSR count). The Kier molecular flexibility index (Phi) is 8.03. The van der Waals surface area contributed by atoms with E-state index in [2.05, 4.69) is 10.6 Å². The molecule has 0 aromatic heterocycles. The van der Waals surface area contributed by atoms with Crippen LogP contribution in [-0.2, 0) is 4.79 Å². The van der Waals surface area contributed by atoms with Crippen LogP contribution in [0.3, 0.4) is 0 Å². The van der Waals surface area contributed by atoms with Crippen LogP contribution >= 0.6 is 0 Å². The second kappa shape index (κ2) is 9.25. The van der Waals surface area contributed by atoms with Gasteiger partial charge in [-0.2, -0.15) is 13.2 Å². The standard InChI is InChI=1S/C14H26F3N3O/c1-18-7-2-3-13(21)19-8-4-12-5-9-20(10-6-12)11-14(15,16)17/h12,18H,2-11H2,1H3,(H,19,21). The highest BCUT2D eigenvalue weighted by Gasteiger charge is 2.32. The number of halogens is 3. The van der Waals surface area contributed by atoms with Gasteiger partial charge in [0.15, 0.2) is 0 Å². The Morgan fingerprint density at radius 3 is 2.48 bits per heavy atom. The van der Waals surface area contributed by atoms with Gasteiger partial charge in [0.1, 0.15) is 0 Å². The highest BCUT2D eigenvalue weighted by molar-refractivity contribution is 5.75. The van der Waals surface area contributed by atoms with E-state index in [0.29, 0.717) is 32.0 Å². The Morgan fingerprint density at radius 2 is 1.90 bits per heavy atom. The number of hydrogen-bond acceptors (Lipinski definition) is 3. The summed E-state index contributed by atoms with van der Waals surface area (Å²) < 4.78 is 36.8. The molecule has 7 heteroatoms. The third kappa shape index (κ3) is 8.93. The SMILES string of the molecule is CNCCCC(=O)NCCC1CCN(CC(F)(F)F)CC1. The molecule has 0 bridgehead atoms. The summed E-state index contributed by atoms with van der Waals surface area (Å²) >= 11 is 0. The molecule has 1 aliphatic rings. The van der Waals surface area contributed by atoms with Gasteiger partial charge in [-0.25, -0.2) is 0 Å². The predicted molar refractivity (Wildman–Crippen MR) is 76.0 cm³/mol. The molecule has 0 aromatic rings. The van der Waals surface area contributed by atoms with Crippen molar-refractivity contribution in [1.29, 1.82) is 0 Å². The molecule has 0 spiro atoms. The van der Waals surface area contributed by atoms with E-state index in [0.717, 1.165) is 32.2 Å². The van der Waals surface area contributed by atoms with Gasteiger partial charge in [-0.15, -0.1) is 0 Å². The largest absolute Gasteiger partial charge is 0.401 e. The summed E-state index contributed by atoms with van der Waals surface area (Å²) in [6.45, 7) is 1.65. The average molecular weight is 309 g/mol. The van der Waals surface area contributed by atoms with Crippen molar-refractivity contribution in [3.8, 4) is 0 Å². The minimum atomic E-state index is -4.10. The lowest BCUT2D eigenvalue weighted by atomic mass is 9.93. The second-order valence-electron chi connectivity index (χ2n) is 5.68. The van der Waals surface area contributed by atoms with Crippen LogP contribution < -0.4 is 10.6 Å². The zero-order valence-electron chi connectivity index (χ0n) is 12.6. The van der Waals surface area contributed by atoms with E-state index < -0.39 is 12.7 Å². The van der Waals surface area contributed by atoms with Crippen LogP contribution in [0.2, 0.25) is 0 Å². The summed E-state index contributed by atoms with van der Waals surface area (Å²) in [6, 6.07) is 0. The fourth-order valence-corrected chi connectivity index (χ4v) is 2.62. The van der Waals surface area contributed by atoms with Gasteiger partial charge in [0.25, 0.3) is 0 Å². The molecule has 2 N–H and O–H groups in total. The summed E-state index contributed by atoms with van der Waals surface area (Å²) in [5.41, 5.74) is 0. The van der Waals surface area contributed by atoms with Crippen molar-refractivity contribution in [2.75, 3.05) is 39.8 Å². The summed E-state index contributed by atoms with van der Waals surface area (Å²) in [7, 11) is 1.85. The molecule has 0 unspecified atom stereocenters. The number of hydrogen-bond donors (Lipinski definition) is 2. The molecule has 0 aliphatic carbocycles. The highest BCUT2D eigenvalue weighted by Crippen LogP contribution is 2.23. The monoisotopic (exact) mass is 309 g/mol. The number of carbonyl (C=O) groups excluding carboxylic acids is 1. The van der Waals surface area contributed by atoms with Crippen molar-refractivity contribution < 1.29 is 18.0 Å². The second-order valence-corrected chi connectivity index (χ2v) is 5.68. The molecular weight excluding hydrogens is 283 g/mol. The van der Waals surface area contributed by atoms with Crippen LogP contribution in [0, 0.1) is 5.92 Å². The number of nitrogens with one attached hydrogen (secondary N) is 2. The van der Waals surface area contributed by atoms with Crippen molar-refractivity contribution in [3.63, 3.8) is 0 Å². The number of piperidine rings is 1. The van der Waals surface area contributed by atoms with E-state index in [4.69, 9.17) is 0 Å². The first-order valence-corrected chi connectivity index (χ1v) is 7.61. The molecule has 1 aliphatic heterocycles. The van der Waals surface area contributed by atoms with Gasteiger partial charge < -0.3 is 10.6 Å². The number of amides is 1. The van der Waals surface area contributed by atoms with E-state index in [1.54, 1.807) is 0 Å². The zero-order chi connectivity index (χ0) is 15.7. The summed E-state index contributed by atoms with van der Waals surface area (Å²) in [4.78, 5) is 13.0. The molecule has 1 amide bonds. The van der Waals surface area contributed by atoms with Crippen LogP contribution in [0.25, 0.3) is 0 Å². The molecule has 0 saturated carbocycles. The maximum atomic E-state index is 12.3. The first-order chi connectivity index (χ1) is 9.90. The Labute approximate surface area is 124 Å². The Hall–Kier alpha value is -0.820. The van der Waals surface area contributed by atoms with Gasteiger partial charge in [0.2, 0.25) is 5.91 Å². The number of carbonyl (C=O) groups is 1. The van der Waals surface area contributed by atoms with E-state index in [-0.39, 0.29) is 5.91 Å². The quantitative estimate of drug-likeness (QED) is 0.672. The predicted octanol–water partition coefficient (Wildman–Crippen LogP) is 1.77. The minimum absolute atomic E-state index is 0.0553. The van der Waals surface area contributed by atoms with Crippen LogP contribution in [0.4, 0.5) is 13.2 Å². The van der Waals surface area contributed by atoms with Gasteiger partial charge in [-0.05, 0) is 58.3 Å². The Bertz CT molecular complexity index is 302. The van der Waals surface area contributed by atoms with Gasteiger partial charge in [0, 0.05) is 13.0 Å². The molecular formula is C14H26F3N3O.